The van der Waals surface area contributed by atoms with Gasteiger partial charge in [-0.3, -0.25) is 5.32 Å². The van der Waals surface area contributed by atoms with Crippen LogP contribution in [0.1, 0.15) is 11.6 Å². The minimum atomic E-state index is -0.644. The van der Waals surface area contributed by atoms with Crippen molar-refractivity contribution in [3.8, 4) is 18.4 Å². The summed E-state index contributed by atoms with van der Waals surface area (Å²) < 4.78 is 13.0. The van der Waals surface area contributed by atoms with E-state index in [0.29, 0.717) is 5.56 Å². The molecular formula is C11H8ClFN2. The molecular weight excluding hydrogens is 215 g/mol. The Balaban J connectivity index is 2.93. The van der Waals surface area contributed by atoms with Crippen molar-refractivity contribution in [2.75, 3.05) is 6.54 Å². The fraction of sp³-hybridized carbons (Fsp3) is 0.182. The predicted molar refractivity (Wildman–Crippen MR) is 56.6 cm³/mol. The van der Waals surface area contributed by atoms with Crippen molar-refractivity contribution in [1.29, 1.82) is 5.26 Å². The third kappa shape index (κ3) is 3.25. The van der Waals surface area contributed by atoms with Gasteiger partial charge < -0.3 is 0 Å². The van der Waals surface area contributed by atoms with E-state index in [9.17, 15) is 4.39 Å². The summed E-state index contributed by atoms with van der Waals surface area (Å²) in [5.41, 5.74) is 0.470. The molecule has 0 aliphatic heterocycles. The summed E-state index contributed by atoms with van der Waals surface area (Å²) in [6.45, 7) is 0.242. The summed E-state index contributed by atoms with van der Waals surface area (Å²) in [4.78, 5) is 0. The van der Waals surface area contributed by atoms with Gasteiger partial charge in [-0.1, -0.05) is 17.5 Å². The zero-order valence-corrected chi connectivity index (χ0v) is 8.55. The molecule has 1 rings (SSSR count). The van der Waals surface area contributed by atoms with Crippen molar-refractivity contribution < 1.29 is 4.39 Å². The van der Waals surface area contributed by atoms with Gasteiger partial charge in [0.25, 0.3) is 0 Å². The van der Waals surface area contributed by atoms with Gasteiger partial charge in [-0.15, -0.1) is 6.42 Å². The molecule has 0 saturated carbocycles. The highest BCUT2D eigenvalue weighted by Crippen LogP contribution is 2.19. The molecule has 1 N–H and O–H groups in total. The van der Waals surface area contributed by atoms with Gasteiger partial charge in [-0.05, 0) is 23.8 Å². The number of nitrogens with zero attached hydrogens (tertiary/aromatic N) is 1. The van der Waals surface area contributed by atoms with Crippen molar-refractivity contribution in [3.63, 3.8) is 0 Å². The van der Waals surface area contributed by atoms with Gasteiger partial charge in [0.2, 0.25) is 0 Å². The van der Waals surface area contributed by atoms with E-state index in [1.165, 1.54) is 18.2 Å². The number of halogens is 2. The van der Waals surface area contributed by atoms with Crippen molar-refractivity contribution in [3.05, 3.63) is 34.6 Å². The molecule has 1 unspecified atom stereocenters. The third-order valence-electron chi connectivity index (χ3n) is 1.76. The highest BCUT2D eigenvalue weighted by Gasteiger charge is 2.10. The quantitative estimate of drug-likeness (QED) is 0.797. The number of hydrogen-bond donors (Lipinski definition) is 1. The Morgan fingerprint density at radius 3 is 2.80 bits per heavy atom. The van der Waals surface area contributed by atoms with Crippen molar-refractivity contribution in [2.45, 2.75) is 6.04 Å². The second kappa shape index (κ2) is 5.36. The van der Waals surface area contributed by atoms with Crippen LogP contribution in [0.15, 0.2) is 18.2 Å². The zero-order valence-electron chi connectivity index (χ0n) is 7.80. The third-order valence-corrected chi connectivity index (χ3v) is 1.97. The van der Waals surface area contributed by atoms with Gasteiger partial charge in [-0.25, -0.2) is 4.39 Å². The predicted octanol–water partition coefficient (Wildman–Crippen LogP) is 2.27. The molecule has 15 heavy (non-hydrogen) atoms. The Bertz CT molecular complexity index is 411. The van der Waals surface area contributed by atoms with Crippen molar-refractivity contribution >= 4 is 11.6 Å². The summed E-state index contributed by atoms with van der Waals surface area (Å²) in [7, 11) is 0. The summed E-state index contributed by atoms with van der Waals surface area (Å²) in [6.07, 6.45) is 5.05. The standard InChI is InChI=1S/C11H8ClFN2/c1-2-3-15-11(7-14)8-4-9(12)6-10(13)5-8/h1,4-6,11,15H,3H2. The van der Waals surface area contributed by atoms with Gasteiger partial charge >= 0.3 is 0 Å². The fourth-order valence-electron chi connectivity index (χ4n) is 1.14. The SMILES string of the molecule is C#CCNC(C#N)c1cc(F)cc(Cl)c1. The molecule has 76 valence electrons. The second-order valence-corrected chi connectivity index (χ2v) is 3.29. The van der Waals surface area contributed by atoms with Gasteiger partial charge in [-0.2, -0.15) is 5.26 Å². The maximum Gasteiger partial charge on any atom is 0.125 e. The number of nitrogens with one attached hydrogen (secondary N) is 1. The van der Waals surface area contributed by atoms with E-state index in [1.54, 1.807) is 0 Å². The number of hydrogen-bond acceptors (Lipinski definition) is 2. The number of terminal acetylenes is 1. The number of benzene rings is 1. The van der Waals surface area contributed by atoms with Crippen molar-refractivity contribution in [1.82, 2.24) is 5.32 Å². The van der Waals surface area contributed by atoms with Gasteiger partial charge in [0.15, 0.2) is 0 Å². The molecule has 0 heterocycles. The van der Waals surface area contributed by atoms with Crippen molar-refractivity contribution in [2.24, 2.45) is 0 Å². The van der Waals surface area contributed by atoms with E-state index in [2.05, 4.69) is 11.2 Å². The Morgan fingerprint density at radius 1 is 1.53 bits per heavy atom. The molecule has 0 aliphatic carbocycles. The van der Waals surface area contributed by atoms with Crippen LogP contribution in [0.3, 0.4) is 0 Å². The second-order valence-electron chi connectivity index (χ2n) is 2.85. The summed E-state index contributed by atoms with van der Waals surface area (Å²) in [5.74, 6) is 1.87. The van der Waals surface area contributed by atoms with E-state index >= 15 is 0 Å². The molecule has 0 fully saturated rings. The monoisotopic (exact) mass is 222 g/mol. The summed E-state index contributed by atoms with van der Waals surface area (Å²) in [6, 6.07) is 5.30. The molecule has 0 aromatic heterocycles. The highest BCUT2D eigenvalue weighted by atomic mass is 35.5. The first-order valence-corrected chi connectivity index (χ1v) is 4.57. The lowest BCUT2D eigenvalue weighted by atomic mass is 10.1. The average Bonchev–Trinajstić information content (AvgIpc) is 2.17. The maximum absolute atomic E-state index is 13.0. The number of rotatable bonds is 3. The van der Waals surface area contributed by atoms with E-state index in [-0.39, 0.29) is 11.6 Å². The largest absolute Gasteiger partial charge is 0.287 e. The minimum Gasteiger partial charge on any atom is -0.287 e. The molecule has 0 amide bonds. The molecule has 1 aromatic rings. The fourth-order valence-corrected chi connectivity index (χ4v) is 1.37. The van der Waals surface area contributed by atoms with Crippen LogP contribution in [-0.4, -0.2) is 6.54 Å². The van der Waals surface area contributed by atoms with Crippen LogP contribution in [0.4, 0.5) is 4.39 Å². The van der Waals surface area contributed by atoms with Crippen LogP contribution >= 0.6 is 11.6 Å². The first-order valence-electron chi connectivity index (χ1n) is 4.20. The van der Waals surface area contributed by atoms with E-state index in [0.717, 1.165) is 0 Å². The average molecular weight is 223 g/mol. The Morgan fingerprint density at radius 2 is 2.27 bits per heavy atom. The van der Waals surface area contributed by atoms with Gasteiger partial charge in [0.1, 0.15) is 11.9 Å². The molecule has 1 aromatic carbocycles. The van der Waals surface area contributed by atoms with Gasteiger partial charge in [0.05, 0.1) is 12.6 Å². The lowest BCUT2D eigenvalue weighted by molar-refractivity contribution is 0.617. The van der Waals surface area contributed by atoms with Gasteiger partial charge in [0, 0.05) is 5.02 Å². The highest BCUT2D eigenvalue weighted by molar-refractivity contribution is 6.30. The Hall–Kier alpha value is -1.55. The Kier molecular flexibility index (Phi) is 4.12. The van der Waals surface area contributed by atoms with Crippen LogP contribution in [0.25, 0.3) is 0 Å². The summed E-state index contributed by atoms with van der Waals surface area (Å²) >= 11 is 5.67. The molecule has 0 aliphatic rings. The van der Waals surface area contributed by atoms with Crippen LogP contribution < -0.4 is 5.32 Å². The molecule has 0 bridgehead atoms. The molecule has 2 nitrogen and oxygen atoms in total. The van der Waals surface area contributed by atoms with E-state index in [1.807, 2.05) is 6.07 Å². The topological polar surface area (TPSA) is 35.8 Å². The lowest BCUT2D eigenvalue weighted by Crippen LogP contribution is -2.20. The van der Waals surface area contributed by atoms with Crippen LogP contribution in [0.2, 0.25) is 5.02 Å². The van der Waals surface area contributed by atoms with Crippen LogP contribution in [0.5, 0.6) is 0 Å². The zero-order chi connectivity index (χ0) is 11.3. The molecule has 0 radical (unpaired) electrons. The molecule has 1 atom stereocenters. The van der Waals surface area contributed by atoms with Crippen LogP contribution in [0, 0.1) is 29.5 Å². The molecule has 0 saturated heterocycles. The van der Waals surface area contributed by atoms with E-state index < -0.39 is 11.9 Å². The number of nitriles is 1. The minimum absolute atomic E-state index is 0.242. The van der Waals surface area contributed by atoms with E-state index in [4.69, 9.17) is 23.3 Å². The van der Waals surface area contributed by atoms with Crippen LogP contribution in [-0.2, 0) is 0 Å². The first kappa shape index (κ1) is 11.5. The first-order chi connectivity index (χ1) is 7.17. The molecule has 4 heteroatoms. The maximum atomic E-state index is 13.0. The smallest absolute Gasteiger partial charge is 0.125 e. The lowest BCUT2D eigenvalue weighted by Gasteiger charge is -2.09. The normalized spacial score (nSPS) is 11.5. The Labute approximate surface area is 92.7 Å². The molecule has 0 spiro atoms. The summed E-state index contributed by atoms with van der Waals surface area (Å²) in [5, 5.41) is 11.9.